The molecule has 3 aromatic rings. The number of aromatic nitrogens is 3. The molecule has 26 heavy (non-hydrogen) atoms. The van der Waals surface area contributed by atoms with Crippen molar-refractivity contribution in [1.29, 1.82) is 0 Å². The highest BCUT2D eigenvalue weighted by atomic mass is 79.9. The Morgan fingerprint density at radius 3 is 2.62 bits per heavy atom. The van der Waals surface area contributed by atoms with E-state index in [0.29, 0.717) is 5.92 Å². The third kappa shape index (κ3) is 3.38. The Kier molecular flexibility index (Phi) is 4.76. The van der Waals surface area contributed by atoms with E-state index in [2.05, 4.69) is 58.8 Å². The molecule has 4 nitrogen and oxygen atoms in total. The summed E-state index contributed by atoms with van der Waals surface area (Å²) in [7, 11) is 2.18. The summed E-state index contributed by atoms with van der Waals surface area (Å²) in [6.45, 7) is 6.46. The van der Waals surface area contributed by atoms with Gasteiger partial charge < -0.3 is 4.90 Å². The van der Waals surface area contributed by atoms with Crippen LogP contribution in [-0.2, 0) is 0 Å². The van der Waals surface area contributed by atoms with Crippen LogP contribution >= 0.6 is 15.9 Å². The number of fused-ring (bicyclic) bond motifs is 1. The number of pyridine rings is 1. The Morgan fingerprint density at radius 2 is 1.88 bits per heavy atom. The molecule has 1 aromatic carbocycles. The summed E-state index contributed by atoms with van der Waals surface area (Å²) >= 11 is 3.57. The van der Waals surface area contributed by atoms with Crippen LogP contribution in [0.2, 0.25) is 0 Å². The molecule has 0 unspecified atom stereocenters. The SMILES string of the molecule is Cc1cc(Br)cc(C)c1-c1ccc2ncc([C@@H]3CCCN(C)C3)nc2n1. The molecule has 1 fully saturated rings. The number of halogens is 1. The van der Waals surface area contributed by atoms with E-state index in [1.165, 1.54) is 36.1 Å². The lowest BCUT2D eigenvalue weighted by Crippen LogP contribution is -2.31. The summed E-state index contributed by atoms with van der Waals surface area (Å²) in [5, 5.41) is 0. The molecule has 3 heterocycles. The Morgan fingerprint density at radius 1 is 1.12 bits per heavy atom. The van der Waals surface area contributed by atoms with Crippen LogP contribution in [0.4, 0.5) is 0 Å². The van der Waals surface area contributed by atoms with Gasteiger partial charge in [-0.1, -0.05) is 15.9 Å². The smallest absolute Gasteiger partial charge is 0.179 e. The van der Waals surface area contributed by atoms with Crippen molar-refractivity contribution in [2.45, 2.75) is 32.6 Å². The van der Waals surface area contributed by atoms with Crippen LogP contribution in [0, 0.1) is 13.8 Å². The zero-order valence-electron chi connectivity index (χ0n) is 15.5. The van der Waals surface area contributed by atoms with E-state index >= 15 is 0 Å². The van der Waals surface area contributed by atoms with E-state index in [0.717, 1.165) is 33.6 Å². The Labute approximate surface area is 162 Å². The van der Waals surface area contributed by atoms with E-state index in [-0.39, 0.29) is 0 Å². The summed E-state index contributed by atoms with van der Waals surface area (Å²) in [5.74, 6) is 0.451. The molecule has 0 spiro atoms. The average Bonchev–Trinajstić information content (AvgIpc) is 2.60. The van der Waals surface area contributed by atoms with Gasteiger partial charge >= 0.3 is 0 Å². The monoisotopic (exact) mass is 410 g/mol. The molecule has 2 aromatic heterocycles. The molecule has 0 saturated carbocycles. The molecule has 0 amide bonds. The maximum atomic E-state index is 4.89. The van der Waals surface area contributed by atoms with Crippen molar-refractivity contribution >= 4 is 27.1 Å². The second-order valence-electron chi connectivity index (χ2n) is 7.35. The topological polar surface area (TPSA) is 41.9 Å². The predicted molar refractivity (Wildman–Crippen MR) is 109 cm³/mol. The number of hydrogen-bond donors (Lipinski definition) is 0. The van der Waals surface area contributed by atoms with Gasteiger partial charge in [-0.05, 0) is 75.7 Å². The van der Waals surface area contributed by atoms with Crippen LogP contribution in [0.15, 0.2) is 34.9 Å². The van der Waals surface area contributed by atoms with Gasteiger partial charge in [0.15, 0.2) is 5.65 Å². The van der Waals surface area contributed by atoms with Crippen molar-refractivity contribution in [3.05, 3.63) is 51.8 Å². The number of aryl methyl sites for hydroxylation is 2. The van der Waals surface area contributed by atoms with Crippen LogP contribution in [0.3, 0.4) is 0 Å². The van der Waals surface area contributed by atoms with Gasteiger partial charge in [-0.2, -0.15) is 0 Å². The summed E-state index contributed by atoms with van der Waals surface area (Å²) in [5.41, 5.74) is 7.23. The zero-order chi connectivity index (χ0) is 18.3. The normalized spacial score (nSPS) is 18.4. The van der Waals surface area contributed by atoms with Crippen molar-refractivity contribution in [2.24, 2.45) is 0 Å². The summed E-state index contributed by atoms with van der Waals surface area (Å²) in [6.07, 6.45) is 4.32. The molecular formula is C21H23BrN4. The van der Waals surface area contributed by atoms with Crippen LogP contribution < -0.4 is 0 Å². The van der Waals surface area contributed by atoms with Gasteiger partial charge in [-0.25, -0.2) is 9.97 Å². The van der Waals surface area contributed by atoms with Gasteiger partial charge in [0.2, 0.25) is 0 Å². The van der Waals surface area contributed by atoms with Crippen molar-refractivity contribution in [3.63, 3.8) is 0 Å². The Bertz CT molecular complexity index is 946. The average molecular weight is 411 g/mol. The molecule has 1 atom stereocenters. The minimum Gasteiger partial charge on any atom is -0.306 e. The highest BCUT2D eigenvalue weighted by Gasteiger charge is 2.21. The van der Waals surface area contributed by atoms with Gasteiger partial charge in [0.05, 0.1) is 11.4 Å². The van der Waals surface area contributed by atoms with E-state index in [4.69, 9.17) is 9.97 Å². The number of likely N-dealkylation sites (N-methyl/N-ethyl adjacent to an activating group) is 1. The lowest BCUT2D eigenvalue weighted by Gasteiger charge is -2.29. The quantitative estimate of drug-likeness (QED) is 0.603. The fourth-order valence-electron chi connectivity index (χ4n) is 3.97. The molecule has 134 valence electrons. The maximum absolute atomic E-state index is 4.89. The van der Waals surface area contributed by atoms with Gasteiger partial charge in [0.1, 0.15) is 5.52 Å². The van der Waals surface area contributed by atoms with Gasteiger partial charge in [-0.15, -0.1) is 0 Å². The number of hydrogen-bond acceptors (Lipinski definition) is 4. The molecule has 0 radical (unpaired) electrons. The zero-order valence-corrected chi connectivity index (χ0v) is 17.0. The lowest BCUT2D eigenvalue weighted by molar-refractivity contribution is 0.248. The van der Waals surface area contributed by atoms with Crippen LogP contribution in [0.5, 0.6) is 0 Å². The van der Waals surface area contributed by atoms with Gasteiger partial charge in [0, 0.05) is 28.7 Å². The predicted octanol–water partition coefficient (Wildman–Crippen LogP) is 4.88. The maximum Gasteiger partial charge on any atom is 0.179 e. The standard InChI is InChI=1S/C21H23BrN4/c1-13-9-16(22)10-14(2)20(13)17-6-7-18-21(24-17)25-19(11-23-18)15-5-4-8-26(3)12-15/h6-7,9-11,15H,4-5,8,12H2,1-3H3/t15-/m1/s1. The molecule has 1 aliphatic heterocycles. The summed E-state index contributed by atoms with van der Waals surface area (Å²) in [6, 6.07) is 8.35. The first-order valence-electron chi connectivity index (χ1n) is 9.10. The number of likely N-dealkylation sites (tertiary alicyclic amines) is 1. The van der Waals surface area contributed by atoms with Crippen molar-refractivity contribution in [3.8, 4) is 11.3 Å². The highest BCUT2D eigenvalue weighted by molar-refractivity contribution is 9.10. The van der Waals surface area contributed by atoms with Gasteiger partial charge in [-0.3, -0.25) is 4.98 Å². The Balaban J connectivity index is 1.77. The summed E-state index contributed by atoms with van der Waals surface area (Å²) in [4.78, 5) is 16.8. The third-order valence-corrected chi connectivity index (χ3v) is 5.68. The van der Waals surface area contributed by atoms with E-state index < -0.39 is 0 Å². The minimum atomic E-state index is 0.451. The molecule has 0 bridgehead atoms. The number of nitrogens with zero attached hydrogens (tertiary/aromatic N) is 4. The second kappa shape index (κ2) is 7.05. The fourth-order valence-corrected chi connectivity index (χ4v) is 4.66. The van der Waals surface area contributed by atoms with Crippen molar-refractivity contribution in [2.75, 3.05) is 20.1 Å². The lowest BCUT2D eigenvalue weighted by atomic mass is 9.95. The van der Waals surface area contributed by atoms with E-state index in [1.807, 2.05) is 18.3 Å². The van der Waals surface area contributed by atoms with Crippen LogP contribution in [0.1, 0.15) is 35.6 Å². The molecule has 5 heteroatoms. The molecule has 1 saturated heterocycles. The fraction of sp³-hybridized carbons (Fsp3) is 0.381. The van der Waals surface area contributed by atoms with Crippen LogP contribution in [-0.4, -0.2) is 40.0 Å². The summed E-state index contributed by atoms with van der Waals surface area (Å²) < 4.78 is 1.10. The third-order valence-electron chi connectivity index (χ3n) is 5.22. The number of benzene rings is 1. The molecule has 0 aliphatic carbocycles. The van der Waals surface area contributed by atoms with E-state index in [9.17, 15) is 0 Å². The van der Waals surface area contributed by atoms with E-state index in [1.54, 1.807) is 0 Å². The first-order valence-corrected chi connectivity index (χ1v) is 9.90. The first-order chi connectivity index (χ1) is 12.5. The van der Waals surface area contributed by atoms with Crippen molar-refractivity contribution < 1.29 is 0 Å². The van der Waals surface area contributed by atoms with Gasteiger partial charge in [0.25, 0.3) is 0 Å². The second-order valence-corrected chi connectivity index (χ2v) is 8.27. The number of piperidine rings is 1. The number of rotatable bonds is 2. The Hall–Kier alpha value is -1.85. The largest absolute Gasteiger partial charge is 0.306 e. The minimum absolute atomic E-state index is 0.451. The van der Waals surface area contributed by atoms with Crippen LogP contribution in [0.25, 0.3) is 22.4 Å². The highest BCUT2D eigenvalue weighted by Crippen LogP contribution is 2.30. The molecule has 0 N–H and O–H groups in total. The first kappa shape index (κ1) is 17.6. The van der Waals surface area contributed by atoms with Crippen molar-refractivity contribution in [1.82, 2.24) is 19.9 Å². The molecular weight excluding hydrogens is 388 g/mol. The molecule has 4 rings (SSSR count). The molecule has 1 aliphatic rings.